The molecule has 3 N–H and O–H groups in total. The predicted octanol–water partition coefficient (Wildman–Crippen LogP) is 0.528. The fourth-order valence-electron chi connectivity index (χ4n) is 2.54. The number of nitrogens with one attached hydrogen (secondary N) is 2. The number of rotatable bonds is 2. The largest absolute Gasteiger partial charge is 0.449 e. The summed E-state index contributed by atoms with van der Waals surface area (Å²) in [5.74, 6) is 0.290. The fraction of sp³-hybridized carbons (Fsp3) is 0.417. The first-order valence-electron chi connectivity index (χ1n) is 6.20. The van der Waals surface area contributed by atoms with E-state index in [0.717, 1.165) is 24.0 Å². The van der Waals surface area contributed by atoms with Crippen LogP contribution in [0.5, 0.6) is 0 Å². The zero-order valence-electron chi connectivity index (χ0n) is 10.2. The maximum atomic E-state index is 11.9. The normalized spacial score (nSPS) is 13.8. The van der Waals surface area contributed by atoms with Gasteiger partial charge in [0.05, 0.1) is 11.5 Å². The fourth-order valence-corrected chi connectivity index (χ4v) is 2.54. The Hall–Kier alpha value is -2.11. The summed E-state index contributed by atoms with van der Waals surface area (Å²) >= 11 is 0. The van der Waals surface area contributed by atoms with E-state index in [0.29, 0.717) is 22.1 Å². The average molecular weight is 248 g/mol. The van der Waals surface area contributed by atoms with Gasteiger partial charge in [-0.2, -0.15) is 0 Å². The van der Waals surface area contributed by atoms with E-state index in [1.807, 2.05) is 19.1 Å². The second kappa shape index (κ2) is 3.97. The molecule has 0 saturated heterocycles. The van der Waals surface area contributed by atoms with Gasteiger partial charge in [0.25, 0.3) is 0 Å². The van der Waals surface area contributed by atoms with Crippen LogP contribution in [0, 0.1) is 4.91 Å². The van der Waals surface area contributed by atoms with Crippen LogP contribution in [0.3, 0.4) is 0 Å². The number of aromatic nitrogens is 3. The molecule has 0 amide bonds. The molecule has 2 aromatic rings. The summed E-state index contributed by atoms with van der Waals surface area (Å²) in [5, 5.41) is 15.6. The summed E-state index contributed by atoms with van der Waals surface area (Å²) in [4.78, 5) is 11.9. The van der Waals surface area contributed by atoms with Crippen LogP contribution in [0.4, 0.5) is 5.95 Å². The highest BCUT2D eigenvalue weighted by Crippen LogP contribution is 2.24. The lowest BCUT2D eigenvalue weighted by Crippen LogP contribution is -2.42. The summed E-state index contributed by atoms with van der Waals surface area (Å²) in [6, 6.07) is 3.77. The van der Waals surface area contributed by atoms with Gasteiger partial charge in [0, 0.05) is 11.2 Å². The second-order valence-electron chi connectivity index (χ2n) is 4.56. The van der Waals surface area contributed by atoms with E-state index in [1.165, 1.54) is 11.1 Å². The van der Waals surface area contributed by atoms with Gasteiger partial charge in [-0.3, -0.25) is 5.32 Å². The molecule has 94 valence electrons. The number of fused-ring (bicyclic) bond motifs is 2. The molecule has 1 aliphatic carbocycles. The third-order valence-electron chi connectivity index (χ3n) is 3.40. The molecule has 0 spiro atoms. The molecule has 0 aliphatic heterocycles. The van der Waals surface area contributed by atoms with Crippen molar-refractivity contribution in [2.45, 2.75) is 26.2 Å². The number of H-pyrrole nitrogens is 1. The number of hydrogen-bond donors (Lipinski definition) is 3. The molecule has 1 aromatic heterocycles. The smallest absolute Gasteiger partial charge is 0.371 e. The van der Waals surface area contributed by atoms with Crippen molar-refractivity contribution in [3.63, 3.8) is 0 Å². The highest BCUT2D eigenvalue weighted by Gasteiger charge is 2.25. The van der Waals surface area contributed by atoms with Gasteiger partial charge in [-0.05, 0) is 48.1 Å². The summed E-state index contributed by atoms with van der Waals surface area (Å²) in [5.41, 5.74) is 3.41. The van der Waals surface area contributed by atoms with Crippen LogP contribution in [0.2, 0.25) is 0 Å². The minimum absolute atomic E-state index is 0.290. The Bertz CT molecular complexity index is 678. The van der Waals surface area contributed by atoms with Crippen LogP contribution in [0.25, 0.3) is 11.0 Å². The van der Waals surface area contributed by atoms with Gasteiger partial charge in [0.1, 0.15) is 0 Å². The lowest BCUT2D eigenvalue weighted by Gasteiger charge is -2.01. The van der Waals surface area contributed by atoms with Gasteiger partial charge in [-0.15, -0.1) is 0 Å². The number of nitrogens with zero attached hydrogens (tertiary/aromatic N) is 2. The van der Waals surface area contributed by atoms with Crippen LogP contribution in [-0.2, 0) is 12.8 Å². The molecule has 0 saturated carbocycles. The quantitative estimate of drug-likeness (QED) is 0.536. The van der Waals surface area contributed by atoms with E-state index in [2.05, 4.69) is 10.4 Å². The first kappa shape index (κ1) is 11.0. The zero-order valence-corrected chi connectivity index (χ0v) is 10.2. The molecule has 6 heteroatoms. The third kappa shape index (κ3) is 1.53. The van der Waals surface area contributed by atoms with Crippen molar-refractivity contribution in [2.75, 3.05) is 11.9 Å². The Morgan fingerprint density at radius 3 is 2.67 bits per heavy atom. The predicted molar refractivity (Wildman–Crippen MR) is 65.2 cm³/mol. The summed E-state index contributed by atoms with van der Waals surface area (Å²) in [6.07, 6.45) is 3.13. The van der Waals surface area contributed by atoms with Crippen molar-refractivity contribution < 1.29 is 14.5 Å². The molecule has 0 bridgehead atoms. The number of anilines is 1. The molecular weight excluding hydrogens is 232 g/mol. The monoisotopic (exact) mass is 248 g/mol. The Kier molecular flexibility index (Phi) is 2.43. The maximum Gasteiger partial charge on any atom is 0.449 e. The zero-order chi connectivity index (χ0) is 12.7. The molecule has 1 aromatic carbocycles. The molecule has 6 nitrogen and oxygen atoms in total. The molecule has 0 radical (unpaired) electrons. The van der Waals surface area contributed by atoms with Gasteiger partial charge < -0.3 is 5.21 Å². The molecule has 0 atom stereocenters. The minimum atomic E-state index is 0.290. The number of aryl methyl sites for hydroxylation is 2. The lowest BCUT2D eigenvalue weighted by atomic mass is 10.1. The molecule has 1 aliphatic rings. The molecule has 0 fully saturated rings. The van der Waals surface area contributed by atoms with Crippen LogP contribution in [0.15, 0.2) is 12.1 Å². The van der Waals surface area contributed by atoms with Crippen molar-refractivity contribution in [1.82, 2.24) is 5.10 Å². The van der Waals surface area contributed by atoms with Gasteiger partial charge in [0.2, 0.25) is 10.1 Å². The van der Waals surface area contributed by atoms with E-state index in [9.17, 15) is 10.1 Å². The van der Waals surface area contributed by atoms with Crippen LogP contribution >= 0.6 is 0 Å². The standard InChI is InChI=1S/C12H15N4O2/c1-2-13-12-14-16(18)11-7-9-5-3-4-8(9)6-10(11)15(12)17/h6-7,17H,2-5H2,1H3,(H,13,14,18)/q+1/p+1. The number of hydrogen-bond acceptors (Lipinski definition) is 3. The number of aromatic amines is 1. The molecule has 3 rings (SSSR count). The minimum Gasteiger partial charge on any atom is -0.371 e. The Labute approximate surface area is 103 Å². The van der Waals surface area contributed by atoms with Crippen molar-refractivity contribution in [1.29, 1.82) is 0 Å². The summed E-state index contributed by atoms with van der Waals surface area (Å²) in [6.45, 7) is 2.52. The Balaban J connectivity index is 2.32. The first-order chi connectivity index (χ1) is 8.70. The molecule has 0 unspecified atom stereocenters. The SMILES string of the molecule is CCNc1[nH][n+](=O)c2cc3c(cc2[n+]1O)CCC3. The highest BCUT2D eigenvalue weighted by molar-refractivity contribution is 5.70. The van der Waals surface area contributed by atoms with E-state index >= 15 is 0 Å². The Morgan fingerprint density at radius 1 is 1.33 bits per heavy atom. The summed E-state index contributed by atoms with van der Waals surface area (Å²) < 4.78 is 1.70. The van der Waals surface area contributed by atoms with E-state index in [1.54, 1.807) is 0 Å². The van der Waals surface area contributed by atoms with Gasteiger partial charge in [-0.25, -0.2) is 0 Å². The van der Waals surface area contributed by atoms with E-state index in [4.69, 9.17) is 0 Å². The van der Waals surface area contributed by atoms with Gasteiger partial charge >= 0.3 is 11.5 Å². The Morgan fingerprint density at radius 2 is 2.00 bits per heavy atom. The van der Waals surface area contributed by atoms with Gasteiger partial charge in [0.15, 0.2) is 0 Å². The molecular formula is C12H16N4O2+2. The lowest BCUT2D eigenvalue weighted by molar-refractivity contribution is -0.881. The van der Waals surface area contributed by atoms with Crippen molar-refractivity contribution in [3.8, 4) is 0 Å². The van der Waals surface area contributed by atoms with Crippen molar-refractivity contribution >= 4 is 17.0 Å². The highest BCUT2D eigenvalue weighted by atomic mass is 16.5. The number of benzene rings is 1. The van der Waals surface area contributed by atoms with Crippen LogP contribution in [0.1, 0.15) is 24.5 Å². The topological polar surface area (TPSA) is 74.9 Å². The van der Waals surface area contributed by atoms with Crippen LogP contribution in [-0.4, -0.2) is 16.9 Å². The van der Waals surface area contributed by atoms with Crippen molar-refractivity contribution in [2.24, 2.45) is 0 Å². The second-order valence-corrected chi connectivity index (χ2v) is 4.56. The summed E-state index contributed by atoms with van der Waals surface area (Å²) in [7, 11) is 0. The maximum absolute atomic E-state index is 11.9. The van der Waals surface area contributed by atoms with Crippen LogP contribution < -0.4 is 14.6 Å². The van der Waals surface area contributed by atoms with Gasteiger partial charge in [-0.1, -0.05) is 0 Å². The van der Waals surface area contributed by atoms with E-state index in [-0.39, 0.29) is 5.95 Å². The van der Waals surface area contributed by atoms with Crippen molar-refractivity contribution in [3.05, 3.63) is 28.2 Å². The first-order valence-corrected chi connectivity index (χ1v) is 6.20. The average Bonchev–Trinajstić information content (AvgIpc) is 2.81. The third-order valence-corrected chi connectivity index (χ3v) is 3.40. The van der Waals surface area contributed by atoms with E-state index < -0.39 is 0 Å². The molecule has 1 heterocycles. The molecule has 18 heavy (non-hydrogen) atoms.